The van der Waals surface area contributed by atoms with Crippen LogP contribution in [0.5, 0.6) is 0 Å². The van der Waals surface area contributed by atoms with Crippen LogP contribution in [0.3, 0.4) is 0 Å². The minimum Gasteiger partial charge on any atom is -0.481 e. The second kappa shape index (κ2) is 5.51. The van der Waals surface area contributed by atoms with Gasteiger partial charge in [0.25, 0.3) is 0 Å². The van der Waals surface area contributed by atoms with Gasteiger partial charge in [0, 0.05) is 10.6 Å². The molecule has 0 radical (unpaired) electrons. The summed E-state index contributed by atoms with van der Waals surface area (Å²) in [5.41, 5.74) is 0.863. The zero-order chi connectivity index (χ0) is 11.4. The summed E-state index contributed by atoms with van der Waals surface area (Å²) in [5.74, 6) is 0.0906. The molecule has 0 aromatic carbocycles. The Morgan fingerprint density at radius 1 is 1.60 bits per heavy atom. The third-order valence-corrected chi connectivity index (χ3v) is 4.24. The molecule has 0 aliphatic carbocycles. The lowest BCUT2D eigenvalue weighted by molar-refractivity contribution is -0.136. The van der Waals surface area contributed by atoms with E-state index in [2.05, 4.69) is 18.8 Å². The minimum absolute atomic E-state index is 0.0931. The number of hydrogen-bond acceptors (Lipinski definition) is 4. The summed E-state index contributed by atoms with van der Waals surface area (Å²) in [6, 6.07) is 0. The first kappa shape index (κ1) is 12.5. The number of aliphatic carboxylic acids is 1. The van der Waals surface area contributed by atoms with E-state index in [0.717, 1.165) is 21.3 Å². The molecule has 84 valence electrons. The van der Waals surface area contributed by atoms with Gasteiger partial charge in [-0.2, -0.15) is 11.8 Å². The molecule has 1 aromatic rings. The third-order valence-electron chi connectivity index (χ3n) is 1.79. The van der Waals surface area contributed by atoms with Gasteiger partial charge in [-0.05, 0) is 12.2 Å². The van der Waals surface area contributed by atoms with Crippen molar-refractivity contribution in [3.05, 3.63) is 15.6 Å². The molecule has 0 saturated heterocycles. The molecule has 1 heterocycles. The van der Waals surface area contributed by atoms with E-state index in [4.69, 9.17) is 5.11 Å². The van der Waals surface area contributed by atoms with E-state index in [-0.39, 0.29) is 6.42 Å². The van der Waals surface area contributed by atoms with Crippen LogP contribution in [0.1, 0.15) is 29.4 Å². The fourth-order valence-corrected chi connectivity index (χ4v) is 2.93. The van der Waals surface area contributed by atoms with E-state index in [1.54, 1.807) is 0 Å². The Kier molecular flexibility index (Phi) is 4.60. The molecule has 0 bridgehead atoms. The lowest BCUT2D eigenvalue weighted by atomic mass is 10.3. The van der Waals surface area contributed by atoms with Crippen LogP contribution in [0.15, 0.2) is 0 Å². The van der Waals surface area contributed by atoms with Gasteiger partial charge in [0.1, 0.15) is 5.01 Å². The zero-order valence-electron chi connectivity index (χ0n) is 9.11. The smallest absolute Gasteiger partial charge is 0.308 e. The number of aromatic nitrogens is 1. The van der Waals surface area contributed by atoms with Crippen molar-refractivity contribution >= 4 is 29.1 Å². The normalized spacial score (nSPS) is 10.9. The lowest BCUT2D eigenvalue weighted by Crippen LogP contribution is -1.99. The molecular weight excluding hydrogens is 230 g/mol. The fourth-order valence-electron chi connectivity index (χ4n) is 1.09. The van der Waals surface area contributed by atoms with Crippen molar-refractivity contribution < 1.29 is 9.90 Å². The number of thiazole rings is 1. The maximum absolute atomic E-state index is 10.6. The number of rotatable bonds is 5. The lowest BCUT2D eigenvalue weighted by Gasteiger charge is -2.00. The van der Waals surface area contributed by atoms with E-state index in [1.165, 1.54) is 11.3 Å². The van der Waals surface area contributed by atoms with Crippen LogP contribution in [0.2, 0.25) is 0 Å². The average Bonchev–Trinajstić information content (AvgIpc) is 2.43. The van der Waals surface area contributed by atoms with Crippen molar-refractivity contribution in [3.8, 4) is 0 Å². The molecule has 1 N–H and O–H groups in total. The van der Waals surface area contributed by atoms with Crippen molar-refractivity contribution in [2.75, 3.05) is 0 Å². The summed E-state index contributed by atoms with van der Waals surface area (Å²) >= 11 is 3.34. The van der Waals surface area contributed by atoms with Gasteiger partial charge < -0.3 is 5.11 Å². The third kappa shape index (κ3) is 4.22. The number of carbonyl (C=O) groups is 1. The zero-order valence-corrected chi connectivity index (χ0v) is 10.7. The highest BCUT2D eigenvalue weighted by Gasteiger charge is 2.11. The van der Waals surface area contributed by atoms with Crippen molar-refractivity contribution in [1.82, 2.24) is 4.98 Å². The first-order chi connectivity index (χ1) is 6.99. The van der Waals surface area contributed by atoms with Gasteiger partial charge in [-0.15, -0.1) is 11.3 Å². The molecule has 0 saturated carbocycles. The monoisotopic (exact) mass is 245 g/mol. The molecule has 5 heteroatoms. The predicted octanol–water partition coefficient (Wildman–Crippen LogP) is 2.72. The maximum Gasteiger partial charge on any atom is 0.308 e. The predicted molar refractivity (Wildman–Crippen MR) is 64.6 cm³/mol. The van der Waals surface area contributed by atoms with E-state index in [0.29, 0.717) is 5.25 Å². The maximum atomic E-state index is 10.6. The van der Waals surface area contributed by atoms with Crippen LogP contribution in [0.4, 0.5) is 0 Å². The van der Waals surface area contributed by atoms with Crippen molar-refractivity contribution in [2.45, 2.75) is 38.2 Å². The highest BCUT2D eigenvalue weighted by Crippen LogP contribution is 2.24. The first-order valence-electron chi connectivity index (χ1n) is 4.77. The number of nitrogens with zero attached hydrogens (tertiary/aromatic N) is 1. The summed E-state index contributed by atoms with van der Waals surface area (Å²) in [7, 11) is 0. The molecule has 15 heavy (non-hydrogen) atoms. The Balaban J connectivity index is 2.64. The van der Waals surface area contributed by atoms with E-state index < -0.39 is 5.97 Å². The Morgan fingerprint density at radius 2 is 2.27 bits per heavy atom. The fraction of sp³-hybridized carbons (Fsp3) is 0.600. The second-order valence-corrected chi connectivity index (χ2v) is 6.28. The molecule has 3 nitrogen and oxygen atoms in total. The van der Waals surface area contributed by atoms with Crippen molar-refractivity contribution in [1.29, 1.82) is 0 Å². The van der Waals surface area contributed by atoms with E-state index >= 15 is 0 Å². The van der Waals surface area contributed by atoms with Crippen LogP contribution in [-0.4, -0.2) is 21.3 Å². The number of carboxylic acid groups (broad SMARTS) is 1. The van der Waals surface area contributed by atoms with Gasteiger partial charge in [-0.3, -0.25) is 4.79 Å². The van der Waals surface area contributed by atoms with Crippen LogP contribution in [-0.2, 0) is 17.0 Å². The summed E-state index contributed by atoms with van der Waals surface area (Å²) in [6.07, 6.45) is 0.0931. The standard InChI is InChI=1S/C10H15NO2S2/c1-6(2)14-5-9-11-7(3)8(15-9)4-10(12)13/h6H,4-5H2,1-3H3,(H,12,13). The second-order valence-electron chi connectivity index (χ2n) is 3.55. The summed E-state index contributed by atoms with van der Waals surface area (Å²) in [6.45, 7) is 6.16. The molecule has 1 rings (SSSR count). The summed E-state index contributed by atoms with van der Waals surface area (Å²) < 4.78 is 0. The molecule has 0 aliphatic rings. The minimum atomic E-state index is -0.787. The van der Waals surface area contributed by atoms with Crippen molar-refractivity contribution in [3.63, 3.8) is 0 Å². The van der Waals surface area contributed by atoms with Gasteiger partial charge in [0.2, 0.25) is 0 Å². The average molecular weight is 245 g/mol. The Morgan fingerprint density at radius 3 is 2.80 bits per heavy atom. The van der Waals surface area contributed by atoms with E-state index in [9.17, 15) is 4.79 Å². The molecule has 0 spiro atoms. The highest BCUT2D eigenvalue weighted by molar-refractivity contribution is 7.99. The summed E-state index contributed by atoms with van der Waals surface area (Å²) in [5, 5.41) is 10.3. The topological polar surface area (TPSA) is 50.2 Å². The quantitative estimate of drug-likeness (QED) is 0.866. The first-order valence-corrected chi connectivity index (χ1v) is 6.64. The van der Waals surface area contributed by atoms with Crippen LogP contribution in [0, 0.1) is 6.92 Å². The molecule has 0 atom stereocenters. The molecule has 0 aliphatic heterocycles. The molecule has 0 fully saturated rings. The molecule has 0 amide bonds. The molecular formula is C10H15NO2S2. The number of aryl methyl sites for hydroxylation is 1. The van der Waals surface area contributed by atoms with Crippen LogP contribution >= 0.6 is 23.1 Å². The SMILES string of the molecule is Cc1nc(CSC(C)C)sc1CC(=O)O. The molecule has 0 unspecified atom stereocenters. The van der Waals surface area contributed by atoms with Gasteiger partial charge >= 0.3 is 5.97 Å². The highest BCUT2D eigenvalue weighted by atomic mass is 32.2. The number of hydrogen-bond donors (Lipinski definition) is 1. The Labute approximate surface area is 97.9 Å². The van der Waals surface area contributed by atoms with Crippen molar-refractivity contribution in [2.24, 2.45) is 0 Å². The van der Waals surface area contributed by atoms with Gasteiger partial charge in [-0.25, -0.2) is 4.98 Å². The number of carboxylic acids is 1. The van der Waals surface area contributed by atoms with Gasteiger partial charge in [0.05, 0.1) is 12.1 Å². The van der Waals surface area contributed by atoms with Gasteiger partial charge in [-0.1, -0.05) is 13.8 Å². The Bertz CT molecular complexity index is 347. The van der Waals surface area contributed by atoms with Gasteiger partial charge in [0.15, 0.2) is 0 Å². The summed E-state index contributed by atoms with van der Waals surface area (Å²) in [4.78, 5) is 15.8. The van der Waals surface area contributed by atoms with Crippen LogP contribution in [0.25, 0.3) is 0 Å². The largest absolute Gasteiger partial charge is 0.481 e. The Hall–Kier alpha value is -0.550. The van der Waals surface area contributed by atoms with Crippen LogP contribution < -0.4 is 0 Å². The number of thioether (sulfide) groups is 1. The van der Waals surface area contributed by atoms with E-state index in [1.807, 2.05) is 18.7 Å². The molecule has 1 aromatic heterocycles.